The molecular weight excluding hydrogens is 243 g/mol. The SMILES string of the molecule is O=C(CCCC(F)(F)F)c1ncccc1Cl. The van der Waals surface area contributed by atoms with Gasteiger partial charge in [-0.1, -0.05) is 11.6 Å². The van der Waals surface area contributed by atoms with E-state index in [1.165, 1.54) is 12.3 Å². The predicted octanol–water partition coefficient (Wildman–Crippen LogP) is 3.65. The molecule has 1 aromatic rings. The number of hydrogen-bond acceptors (Lipinski definition) is 2. The van der Waals surface area contributed by atoms with Gasteiger partial charge in [0.1, 0.15) is 5.69 Å². The molecular formula is C10H9ClF3NO. The first-order valence-corrected chi connectivity index (χ1v) is 4.98. The van der Waals surface area contributed by atoms with Crippen molar-refractivity contribution in [2.24, 2.45) is 0 Å². The first-order chi connectivity index (χ1) is 7.40. The van der Waals surface area contributed by atoms with Crippen LogP contribution in [0.25, 0.3) is 0 Å². The summed E-state index contributed by atoms with van der Waals surface area (Å²) in [5, 5.41) is 0.166. The standard InChI is InChI=1S/C10H9ClF3NO/c11-7-3-2-6-15-9(7)8(16)4-1-5-10(12,13)14/h2-3,6H,1,4-5H2. The van der Waals surface area contributed by atoms with Crippen LogP contribution in [0.1, 0.15) is 29.8 Å². The van der Waals surface area contributed by atoms with Gasteiger partial charge in [0.15, 0.2) is 5.78 Å². The van der Waals surface area contributed by atoms with Gasteiger partial charge in [0.25, 0.3) is 0 Å². The minimum absolute atomic E-state index is 0.0336. The van der Waals surface area contributed by atoms with E-state index in [1.54, 1.807) is 6.07 Å². The summed E-state index contributed by atoms with van der Waals surface area (Å²) in [6, 6.07) is 3.03. The van der Waals surface area contributed by atoms with Gasteiger partial charge in [-0.15, -0.1) is 0 Å². The first kappa shape index (κ1) is 13.0. The van der Waals surface area contributed by atoms with Gasteiger partial charge in [0.2, 0.25) is 0 Å². The normalized spacial score (nSPS) is 11.5. The lowest BCUT2D eigenvalue weighted by Gasteiger charge is -2.05. The summed E-state index contributed by atoms with van der Waals surface area (Å²) in [6.45, 7) is 0. The van der Waals surface area contributed by atoms with Crippen LogP contribution in [0.15, 0.2) is 18.3 Å². The van der Waals surface area contributed by atoms with Crippen molar-refractivity contribution in [3.05, 3.63) is 29.0 Å². The van der Waals surface area contributed by atoms with E-state index in [9.17, 15) is 18.0 Å². The maximum atomic E-state index is 11.8. The highest BCUT2D eigenvalue weighted by atomic mass is 35.5. The van der Waals surface area contributed by atoms with E-state index in [0.29, 0.717) is 0 Å². The van der Waals surface area contributed by atoms with E-state index < -0.39 is 18.4 Å². The van der Waals surface area contributed by atoms with Crippen molar-refractivity contribution in [3.8, 4) is 0 Å². The van der Waals surface area contributed by atoms with Crippen LogP contribution in [0.4, 0.5) is 13.2 Å². The van der Waals surface area contributed by atoms with Gasteiger partial charge in [0.05, 0.1) is 5.02 Å². The molecule has 6 heteroatoms. The number of halogens is 4. The molecule has 0 fully saturated rings. The summed E-state index contributed by atoms with van der Waals surface area (Å²) in [6.07, 6.45) is -4.26. The van der Waals surface area contributed by atoms with Crippen LogP contribution in [-0.4, -0.2) is 16.9 Å². The van der Waals surface area contributed by atoms with Gasteiger partial charge in [-0.2, -0.15) is 13.2 Å². The molecule has 0 aliphatic rings. The van der Waals surface area contributed by atoms with Gasteiger partial charge >= 0.3 is 6.18 Å². The molecule has 0 bridgehead atoms. The molecule has 0 saturated carbocycles. The van der Waals surface area contributed by atoms with E-state index in [2.05, 4.69) is 4.98 Å². The second kappa shape index (κ2) is 5.30. The Hall–Kier alpha value is -1.10. The topological polar surface area (TPSA) is 30.0 Å². The Labute approximate surface area is 95.4 Å². The van der Waals surface area contributed by atoms with Gasteiger partial charge in [0, 0.05) is 19.0 Å². The lowest BCUT2D eigenvalue weighted by Crippen LogP contribution is -2.09. The monoisotopic (exact) mass is 251 g/mol. The van der Waals surface area contributed by atoms with E-state index >= 15 is 0 Å². The smallest absolute Gasteiger partial charge is 0.292 e. The van der Waals surface area contributed by atoms with Gasteiger partial charge < -0.3 is 0 Å². The van der Waals surface area contributed by atoms with Crippen molar-refractivity contribution in [1.29, 1.82) is 0 Å². The van der Waals surface area contributed by atoms with Crippen LogP contribution in [0.3, 0.4) is 0 Å². The number of ketones is 1. The highest BCUT2D eigenvalue weighted by Crippen LogP contribution is 2.23. The maximum absolute atomic E-state index is 11.8. The molecule has 0 saturated heterocycles. The van der Waals surface area contributed by atoms with Crippen molar-refractivity contribution in [2.75, 3.05) is 0 Å². The minimum atomic E-state index is -4.23. The Morgan fingerprint density at radius 2 is 2.12 bits per heavy atom. The number of hydrogen-bond donors (Lipinski definition) is 0. The fourth-order valence-corrected chi connectivity index (χ4v) is 1.39. The molecule has 0 N–H and O–H groups in total. The molecule has 88 valence electrons. The predicted molar refractivity (Wildman–Crippen MR) is 53.5 cm³/mol. The third-order valence-electron chi connectivity index (χ3n) is 1.89. The summed E-state index contributed by atoms with van der Waals surface area (Å²) in [5.41, 5.74) is 0.0336. The Kier molecular flexibility index (Phi) is 4.29. The van der Waals surface area contributed by atoms with E-state index in [4.69, 9.17) is 11.6 Å². The third-order valence-corrected chi connectivity index (χ3v) is 2.19. The summed E-state index contributed by atoms with van der Waals surface area (Å²) < 4.78 is 35.5. The highest BCUT2D eigenvalue weighted by molar-refractivity contribution is 6.33. The molecule has 2 nitrogen and oxygen atoms in total. The number of Topliss-reactive ketones (excluding diaryl/α,β-unsaturated/α-hetero) is 1. The third kappa shape index (κ3) is 4.18. The Morgan fingerprint density at radius 1 is 1.44 bits per heavy atom. The average molecular weight is 252 g/mol. The summed E-state index contributed by atoms with van der Waals surface area (Å²) in [4.78, 5) is 15.2. The Morgan fingerprint density at radius 3 is 2.69 bits per heavy atom. The van der Waals surface area contributed by atoms with Crippen LogP contribution in [0, 0.1) is 0 Å². The van der Waals surface area contributed by atoms with Gasteiger partial charge in [-0.25, -0.2) is 0 Å². The molecule has 0 aliphatic heterocycles. The number of rotatable bonds is 4. The zero-order valence-corrected chi connectivity index (χ0v) is 8.98. The molecule has 1 aromatic heterocycles. The summed E-state index contributed by atoms with van der Waals surface area (Å²) in [5.74, 6) is -0.463. The van der Waals surface area contributed by atoms with E-state index in [-0.39, 0.29) is 23.6 Å². The van der Waals surface area contributed by atoms with Crippen LogP contribution >= 0.6 is 11.6 Å². The molecule has 16 heavy (non-hydrogen) atoms. The maximum Gasteiger partial charge on any atom is 0.389 e. The number of nitrogens with zero attached hydrogens (tertiary/aromatic N) is 1. The van der Waals surface area contributed by atoms with E-state index in [0.717, 1.165) is 0 Å². The lowest BCUT2D eigenvalue weighted by molar-refractivity contribution is -0.135. The van der Waals surface area contributed by atoms with Crippen LogP contribution < -0.4 is 0 Å². The highest BCUT2D eigenvalue weighted by Gasteiger charge is 2.26. The van der Waals surface area contributed by atoms with Crippen LogP contribution in [0.5, 0.6) is 0 Å². The van der Waals surface area contributed by atoms with Crippen LogP contribution in [-0.2, 0) is 0 Å². The van der Waals surface area contributed by atoms with E-state index in [1.807, 2.05) is 0 Å². The van der Waals surface area contributed by atoms with Crippen molar-refractivity contribution in [2.45, 2.75) is 25.4 Å². The van der Waals surface area contributed by atoms with Crippen molar-refractivity contribution in [3.63, 3.8) is 0 Å². The second-order valence-corrected chi connectivity index (χ2v) is 3.63. The van der Waals surface area contributed by atoms with Gasteiger partial charge in [-0.05, 0) is 18.6 Å². The zero-order chi connectivity index (χ0) is 12.2. The van der Waals surface area contributed by atoms with Crippen LogP contribution in [0.2, 0.25) is 5.02 Å². The molecule has 1 heterocycles. The molecule has 0 unspecified atom stereocenters. The summed E-state index contributed by atoms with van der Waals surface area (Å²) >= 11 is 5.68. The minimum Gasteiger partial charge on any atom is -0.292 e. The largest absolute Gasteiger partial charge is 0.389 e. The fourth-order valence-electron chi connectivity index (χ4n) is 1.16. The number of pyridine rings is 1. The average Bonchev–Trinajstić information content (AvgIpc) is 2.16. The number of carbonyl (C=O) groups is 1. The molecule has 1 rings (SSSR count). The van der Waals surface area contributed by atoms with Gasteiger partial charge in [-0.3, -0.25) is 9.78 Å². The molecule has 0 spiro atoms. The van der Waals surface area contributed by atoms with Crippen molar-refractivity contribution in [1.82, 2.24) is 4.98 Å². The number of alkyl halides is 3. The molecule has 0 amide bonds. The Bertz CT molecular complexity index is 379. The molecule has 0 aromatic carbocycles. The molecule has 0 atom stereocenters. The Balaban J connectivity index is 2.51. The quantitative estimate of drug-likeness (QED) is 0.765. The lowest BCUT2D eigenvalue weighted by atomic mass is 10.1. The van der Waals surface area contributed by atoms with Crippen molar-refractivity contribution < 1.29 is 18.0 Å². The van der Waals surface area contributed by atoms with Crippen molar-refractivity contribution >= 4 is 17.4 Å². The molecule has 0 aliphatic carbocycles. The fraction of sp³-hybridized carbons (Fsp3) is 0.400. The number of aromatic nitrogens is 1. The summed E-state index contributed by atoms with van der Waals surface area (Å²) in [7, 11) is 0. The number of carbonyl (C=O) groups excluding carboxylic acids is 1. The zero-order valence-electron chi connectivity index (χ0n) is 8.22. The first-order valence-electron chi connectivity index (χ1n) is 4.60. The molecule has 0 radical (unpaired) electrons. The second-order valence-electron chi connectivity index (χ2n) is 3.23.